The molecule has 2 N–H and O–H groups in total. The van der Waals surface area contributed by atoms with Crippen molar-refractivity contribution in [1.29, 1.82) is 0 Å². The highest BCUT2D eigenvalue weighted by Gasteiger charge is 2.27. The van der Waals surface area contributed by atoms with E-state index in [-0.39, 0.29) is 15.7 Å². The van der Waals surface area contributed by atoms with Crippen molar-refractivity contribution in [3.63, 3.8) is 0 Å². The molecule has 63 heavy (non-hydrogen) atoms. The van der Waals surface area contributed by atoms with Crippen molar-refractivity contribution in [1.82, 2.24) is 0 Å². The van der Waals surface area contributed by atoms with Gasteiger partial charge in [-0.25, -0.2) is 0 Å². The Morgan fingerprint density at radius 1 is 0.651 bits per heavy atom. The van der Waals surface area contributed by atoms with Crippen LogP contribution in [0.4, 0.5) is 0 Å². The molecule has 2 heterocycles. The van der Waals surface area contributed by atoms with E-state index in [9.17, 15) is 9.59 Å². The third-order valence-electron chi connectivity index (χ3n) is 11.4. The van der Waals surface area contributed by atoms with Crippen molar-refractivity contribution < 1.29 is 19.1 Å². The normalized spacial score (nSPS) is 13.6. The van der Waals surface area contributed by atoms with Crippen LogP contribution in [0, 0.1) is 11.8 Å². The summed E-state index contributed by atoms with van der Waals surface area (Å²) in [5.74, 6) is 2.84. The second kappa shape index (κ2) is 27.1. The van der Waals surface area contributed by atoms with Crippen molar-refractivity contribution in [3.8, 4) is 11.5 Å². The van der Waals surface area contributed by atoms with Gasteiger partial charge in [0, 0.05) is 61.5 Å². The van der Waals surface area contributed by atoms with Gasteiger partial charge >= 0.3 is 0 Å². The molecule has 0 aliphatic carbocycles. The quantitative estimate of drug-likeness (QED) is 0.0278. The van der Waals surface area contributed by atoms with Gasteiger partial charge in [0.25, 0.3) is 0 Å². The Morgan fingerprint density at radius 3 is 1.51 bits per heavy atom. The third-order valence-corrected chi connectivity index (χ3v) is 15.3. The van der Waals surface area contributed by atoms with Crippen LogP contribution in [-0.4, -0.2) is 36.6 Å². The molecule has 5 nitrogen and oxygen atoms in total. The maximum Gasteiger partial charge on any atom is 0.151 e. The lowest BCUT2D eigenvalue weighted by Crippen LogP contribution is -2.13. The van der Waals surface area contributed by atoms with Crippen LogP contribution in [0.5, 0.6) is 11.5 Å². The lowest BCUT2D eigenvalue weighted by molar-refractivity contribution is -0.107. The minimum Gasteiger partial charge on any atom is -0.492 e. The van der Waals surface area contributed by atoms with Crippen LogP contribution in [-0.2, 0) is 15.0 Å². The molecule has 0 saturated carbocycles. The first kappa shape index (κ1) is 54.7. The van der Waals surface area contributed by atoms with Gasteiger partial charge in [0.1, 0.15) is 17.8 Å². The van der Waals surface area contributed by atoms with E-state index in [0.717, 1.165) is 54.8 Å². The summed E-state index contributed by atoms with van der Waals surface area (Å²) in [6.07, 6.45) is 21.1. The maximum atomic E-state index is 12.7. The molecule has 8 heteroatoms. The maximum absolute atomic E-state index is 12.7. The Bertz CT molecular complexity index is 2050. The van der Waals surface area contributed by atoms with Crippen LogP contribution < -0.4 is 15.2 Å². The molecule has 2 atom stereocenters. The number of allylic oxidation sites excluding steroid dienone is 2. The third kappa shape index (κ3) is 17.3. The van der Waals surface area contributed by atoms with Crippen LogP contribution in [0.3, 0.4) is 0 Å². The molecule has 0 aliphatic heterocycles. The number of carbonyl (C=O) groups is 2. The number of unbranched alkanes of at least 4 members (excludes halogenated alkanes) is 8. The van der Waals surface area contributed by atoms with Gasteiger partial charge in [0.15, 0.2) is 6.29 Å². The number of rotatable bonds is 27. The van der Waals surface area contributed by atoms with Gasteiger partial charge in [-0.05, 0) is 73.2 Å². The van der Waals surface area contributed by atoms with Crippen LogP contribution >= 0.6 is 34.4 Å². The smallest absolute Gasteiger partial charge is 0.151 e. The standard InChI is InChI=1S/C52H76O4S3.C3H9N/c1-12-16-20-22-26-37(24-18-14-3)34-55-48-40-29-45-42(31-47(58-45)51(6,7)8)49(56-35-38(25-19-15-4)27-23-21-17-13-2)39(40)28-44-41(48)30-46(57-44)50(59-52(9,10)11)43(33-54)36(5)32-53;1-3(2)4/h28-33,37-38H,5,12-27,34-35H2,1-4,6-11H3;3H,4H2,1-2H3/b50-43-;. The van der Waals surface area contributed by atoms with Gasteiger partial charge in [0.2, 0.25) is 0 Å². The molecule has 2 aromatic carbocycles. The first-order chi connectivity index (χ1) is 29.9. The number of carbonyl (C=O) groups excluding carboxylic acids is 2. The first-order valence-electron chi connectivity index (χ1n) is 24.4. The van der Waals surface area contributed by atoms with Crippen molar-refractivity contribution in [3.05, 3.63) is 51.7 Å². The van der Waals surface area contributed by atoms with Gasteiger partial charge in [0.05, 0.1) is 13.2 Å². The number of nitrogens with two attached hydrogens (primary N) is 1. The lowest BCUT2D eigenvalue weighted by Gasteiger charge is -2.21. The first-order valence-corrected chi connectivity index (χ1v) is 26.9. The van der Waals surface area contributed by atoms with Gasteiger partial charge in [-0.2, -0.15) is 0 Å². The number of fused-ring (bicyclic) bond motifs is 3. The van der Waals surface area contributed by atoms with E-state index in [1.165, 1.54) is 111 Å². The molecule has 0 aliphatic rings. The van der Waals surface area contributed by atoms with Crippen molar-refractivity contribution in [2.75, 3.05) is 13.2 Å². The number of thiophene rings is 2. The Labute approximate surface area is 395 Å². The summed E-state index contributed by atoms with van der Waals surface area (Å²) in [6.45, 7) is 31.7. The zero-order valence-electron chi connectivity index (χ0n) is 41.6. The molecule has 0 radical (unpaired) electrons. The van der Waals surface area contributed by atoms with Crippen molar-refractivity contribution >= 4 is 82.9 Å². The molecule has 0 fully saturated rings. The molecule has 0 bridgehead atoms. The summed E-state index contributed by atoms with van der Waals surface area (Å²) in [5, 5.41) is 4.39. The summed E-state index contributed by atoms with van der Waals surface area (Å²) in [7, 11) is 0. The fourth-order valence-corrected chi connectivity index (χ4v) is 11.4. The minimum atomic E-state index is -0.210. The molecule has 2 unspecified atom stereocenters. The molecular weight excluding hydrogens is 835 g/mol. The molecule has 352 valence electrons. The van der Waals surface area contributed by atoms with Crippen LogP contribution in [0.2, 0.25) is 0 Å². The van der Waals surface area contributed by atoms with Crippen LogP contribution in [0.1, 0.15) is 196 Å². The highest BCUT2D eigenvalue weighted by atomic mass is 32.2. The molecule has 0 saturated heterocycles. The Morgan fingerprint density at radius 2 is 1.10 bits per heavy atom. The number of thioether (sulfide) groups is 1. The summed E-state index contributed by atoms with van der Waals surface area (Å²) in [5.41, 5.74) is 5.66. The van der Waals surface area contributed by atoms with Crippen molar-refractivity contribution in [2.24, 2.45) is 17.6 Å². The SMILES string of the molecule is C=C(C=O)/C(C=O)=C(\SC(C)(C)C)c1cc2c(OCC(CCCC)CCCCCC)c3cc4sc(C(C)(C)C)cc4c(OCC(CCCC)CCCCCC)c3cc2s1.CC(C)N. The summed E-state index contributed by atoms with van der Waals surface area (Å²) in [4.78, 5) is 27.8. The Balaban J connectivity index is 0.00000253. The molecule has 0 amide bonds. The Hall–Kier alpha value is -2.65. The van der Waals surface area contributed by atoms with E-state index in [1.54, 1.807) is 23.1 Å². The largest absolute Gasteiger partial charge is 0.492 e. The van der Waals surface area contributed by atoms with Gasteiger partial charge in [-0.15, -0.1) is 34.4 Å². The number of ether oxygens (including phenoxy) is 2. The van der Waals surface area contributed by atoms with E-state index in [2.05, 4.69) is 100 Å². The van der Waals surface area contributed by atoms with Gasteiger partial charge < -0.3 is 15.2 Å². The van der Waals surface area contributed by atoms with Crippen LogP contribution in [0.15, 0.2) is 42.0 Å². The van der Waals surface area contributed by atoms with E-state index >= 15 is 0 Å². The van der Waals surface area contributed by atoms with E-state index < -0.39 is 0 Å². The zero-order chi connectivity index (χ0) is 46.7. The van der Waals surface area contributed by atoms with Gasteiger partial charge in [-0.1, -0.05) is 167 Å². The fraction of sp³-hybridized carbons (Fsp3) is 0.636. The van der Waals surface area contributed by atoms with E-state index in [1.807, 2.05) is 25.2 Å². The minimum absolute atomic E-state index is 0.00417. The molecule has 2 aromatic heterocycles. The number of aldehydes is 2. The van der Waals surface area contributed by atoms with Crippen molar-refractivity contribution in [2.45, 2.75) is 202 Å². The van der Waals surface area contributed by atoms with E-state index in [0.29, 0.717) is 43.0 Å². The average molecular weight is 920 g/mol. The van der Waals surface area contributed by atoms with Crippen LogP contribution in [0.25, 0.3) is 35.8 Å². The van der Waals surface area contributed by atoms with E-state index in [4.69, 9.17) is 15.2 Å². The Kier molecular flexibility index (Phi) is 23.5. The van der Waals surface area contributed by atoms with Gasteiger partial charge in [-0.3, -0.25) is 9.59 Å². The second-order valence-corrected chi connectivity index (χ2v) is 24.1. The predicted octanol–water partition coefficient (Wildman–Crippen LogP) is 17.4. The molecular formula is C55H85NO4S3. The zero-order valence-corrected chi connectivity index (χ0v) is 44.0. The fourth-order valence-electron chi connectivity index (χ4n) is 7.87. The highest BCUT2D eigenvalue weighted by Crippen LogP contribution is 2.51. The topological polar surface area (TPSA) is 78.6 Å². The molecule has 4 rings (SSSR count). The average Bonchev–Trinajstić information content (AvgIpc) is 3.86. The highest BCUT2D eigenvalue weighted by molar-refractivity contribution is 8.09. The number of hydrogen-bond donors (Lipinski definition) is 1. The summed E-state index contributed by atoms with van der Waals surface area (Å²) in [6, 6.07) is 9.58. The number of benzene rings is 2. The monoisotopic (exact) mass is 920 g/mol. The lowest BCUT2D eigenvalue weighted by atomic mass is 9.94. The molecule has 0 spiro atoms. The molecule has 4 aromatic rings. The second-order valence-electron chi connectivity index (χ2n) is 20.1. The predicted molar refractivity (Wildman–Crippen MR) is 283 cm³/mol. The summed E-state index contributed by atoms with van der Waals surface area (Å²) < 4.78 is 16.5. The number of hydrogen-bond acceptors (Lipinski definition) is 8. The summed E-state index contributed by atoms with van der Waals surface area (Å²) >= 11 is 5.14.